The van der Waals surface area contributed by atoms with Crippen molar-refractivity contribution in [2.24, 2.45) is 7.05 Å². The van der Waals surface area contributed by atoms with Gasteiger partial charge >= 0.3 is 6.03 Å². The number of carbonyl (C=O) groups is 2. The maximum Gasteiger partial charge on any atom is 0.318 e. The fraction of sp³-hybridized carbons (Fsp3) is 0.320. The predicted octanol–water partition coefficient (Wildman–Crippen LogP) is 3.12. The summed E-state index contributed by atoms with van der Waals surface area (Å²) >= 11 is 0. The third kappa shape index (κ3) is 5.16. The van der Waals surface area contributed by atoms with E-state index in [1.54, 1.807) is 30.3 Å². The van der Waals surface area contributed by atoms with Crippen LogP contribution in [0.15, 0.2) is 67.0 Å². The molecule has 0 spiro atoms. The zero-order valence-corrected chi connectivity index (χ0v) is 18.9. The summed E-state index contributed by atoms with van der Waals surface area (Å²) in [6.45, 7) is 1.12. The van der Waals surface area contributed by atoms with E-state index in [2.05, 4.69) is 15.6 Å². The second kappa shape index (κ2) is 10.2. The van der Waals surface area contributed by atoms with E-state index in [-0.39, 0.29) is 18.0 Å². The van der Waals surface area contributed by atoms with Gasteiger partial charge in [-0.1, -0.05) is 36.4 Å². The Balaban J connectivity index is 1.41. The van der Waals surface area contributed by atoms with Gasteiger partial charge in [0.25, 0.3) is 5.91 Å². The molecular formula is C25H29N5O3. The van der Waals surface area contributed by atoms with Crippen molar-refractivity contribution in [3.63, 3.8) is 0 Å². The van der Waals surface area contributed by atoms with E-state index in [1.807, 2.05) is 60.3 Å². The molecule has 0 aliphatic carbocycles. The normalized spacial score (nSPS) is 15.0. The summed E-state index contributed by atoms with van der Waals surface area (Å²) < 4.78 is 7.43. The zero-order chi connectivity index (χ0) is 23.2. The molecule has 1 unspecified atom stereocenters. The third-order valence-corrected chi connectivity index (χ3v) is 5.99. The molecule has 1 fully saturated rings. The highest BCUT2D eigenvalue weighted by molar-refractivity contribution is 5.94. The monoisotopic (exact) mass is 447 g/mol. The van der Waals surface area contributed by atoms with Crippen LogP contribution in [-0.2, 0) is 7.05 Å². The van der Waals surface area contributed by atoms with Crippen LogP contribution in [0.4, 0.5) is 4.79 Å². The van der Waals surface area contributed by atoms with Crippen LogP contribution in [0.3, 0.4) is 0 Å². The minimum Gasteiger partial charge on any atom is -0.496 e. The van der Waals surface area contributed by atoms with Gasteiger partial charge in [0.1, 0.15) is 17.6 Å². The maximum absolute atomic E-state index is 13.2. The number of nitrogens with zero attached hydrogens (tertiary/aromatic N) is 3. The first-order valence-corrected chi connectivity index (χ1v) is 11.1. The number of carbonyl (C=O) groups excluding carboxylic acids is 2. The SMILES string of the molecule is COc1ccccc1C(NC(=O)N1CCC(NC(=O)c2ccccc2)CC1)c1nccn1C. The average molecular weight is 448 g/mol. The van der Waals surface area contributed by atoms with E-state index < -0.39 is 6.04 Å². The highest BCUT2D eigenvalue weighted by atomic mass is 16.5. The number of aryl methyl sites for hydroxylation is 1. The summed E-state index contributed by atoms with van der Waals surface area (Å²) in [6.07, 6.45) is 4.97. The molecule has 1 aromatic heterocycles. The van der Waals surface area contributed by atoms with Gasteiger partial charge in [-0.2, -0.15) is 0 Å². The highest BCUT2D eigenvalue weighted by Crippen LogP contribution is 2.29. The number of methoxy groups -OCH3 is 1. The number of ether oxygens (including phenoxy) is 1. The number of rotatable bonds is 6. The van der Waals surface area contributed by atoms with Gasteiger partial charge in [-0.05, 0) is 31.0 Å². The Morgan fingerprint density at radius 3 is 2.42 bits per heavy atom. The number of imidazole rings is 1. The van der Waals surface area contributed by atoms with Crippen LogP contribution in [-0.4, -0.2) is 52.6 Å². The second-order valence-corrected chi connectivity index (χ2v) is 8.12. The molecule has 8 heteroatoms. The van der Waals surface area contributed by atoms with Crippen molar-refractivity contribution in [3.8, 4) is 5.75 Å². The van der Waals surface area contributed by atoms with Gasteiger partial charge in [0, 0.05) is 49.7 Å². The zero-order valence-electron chi connectivity index (χ0n) is 18.9. The van der Waals surface area contributed by atoms with Gasteiger partial charge in [-0.3, -0.25) is 4.79 Å². The fourth-order valence-corrected chi connectivity index (χ4v) is 4.14. The van der Waals surface area contributed by atoms with Crippen LogP contribution in [0, 0.1) is 0 Å². The van der Waals surface area contributed by atoms with Crippen molar-refractivity contribution in [2.75, 3.05) is 20.2 Å². The van der Waals surface area contributed by atoms with Crippen LogP contribution < -0.4 is 15.4 Å². The van der Waals surface area contributed by atoms with Gasteiger partial charge in [0.15, 0.2) is 0 Å². The van der Waals surface area contributed by atoms with Gasteiger partial charge in [-0.25, -0.2) is 9.78 Å². The molecule has 8 nitrogen and oxygen atoms in total. The molecule has 2 aromatic carbocycles. The van der Waals surface area contributed by atoms with E-state index in [0.29, 0.717) is 37.2 Å². The number of hydrogen-bond donors (Lipinski definition) is 2. The summed E-state index contributed by atoms with van der Waals surface area (Å²) in [4.78, 5) is 31.9. The lowest BCUT2D eigenvalue weighted by molar-refractivity contribution is 0.0917. The Labute approximate surface area is 193 Å². The lowest BCUT2D eigenvalue weighted by Crippen LogP contribution is -2.50. The molecule has 1 aliphatic rings. The minimum absolute atomic E-state index is 0.0429. The molecule has 3 amide bonds. The molecule has 0 bridgehead atoms. The van der Waals surface area contributed by atoms with Crippen molar-refractivity contribution in [1.29, 1.82) is 0 Å². The molecule has 1 saturated heterocycles. The number of benzene rings is 2. The Morgan fingerprint density at radius 1 is 1.06 bits per heavy atom. The molecule has 3 aromatic rings. The van der Waals surface area contributed by atoms with E-state index in [0.717, 1.165) is 11.4 Å². The summed E-state index contributed by atoms with van der Waals surface area (Å²) in [5.41, 5.74) is 1.49. The molecular weight excluding hydrogens is 418 g/mol. The topological polar surface area (TPSA) is 88.5 Å². The summed E-state index contributed by atoms with van der Waals surface area (Å²) in [6, 6.07) is 16.2. The quantitative estimate of drug-likeness (QED) is 0.608. The molecule has 0 radical (unpaired) electrons. The van der Waals surface area contributed by atoms with Crippen molar-refractivity contribution >= 4 is 11.9 Å². The molecule has 4 rings (SSSR count). The van der Waals surface area contributed by atoms with Gasteiger partial charge in [0.2, 0.25) is 0 Å². The predicted molar refractivity (Wildman–Crippen MR) is 125 cm³/mol. The number of amides is 3. The number of likely N-dealkylation sites (tertiary alicyclic amines) is 1. The first-order chi connectivity index (χ1) is 16.1. The molecule has 1 atom stereocenters. The first kappa shape index (κ1) is 22.4. The van der Waals surface area contributed by atoms with Gasteiger partial charge in [0.05, 0.1) is 7.11 Å². The van der Waals surface area contributed by atoms with E-state index in [1.165, 1.54) is 0 Å². The van der Waals surface area contributed by atoms with Crippen LogP contribution in [0.1, 0.15) is 40.6 Å². The lowest BCUT2D eigenvalue weighted by atomic mass is 10.0. The molecule has 2 N–H and O–H groups in total. The number of nitrogens with one attached hydrogen (secondary N) is 2. The average Bonchev–Trinajstić information content (AvgIpc) is 3.28. The van der Waals surface area contributed by atoms with Crippen molar-refractivity contribution in [3.05, 3.63) is 83.9 Å². The number of aromatic nitrogens is 2. The Morgan fingerprint density at radius 2 is 1.76 bits per heavy atom. The van der Waals surface area contributed by atoms with Gasteiger partial charge < -0.3 is 24.8 Å². The molecule has 2 heterocycles. The van der Waals surface area contributed by atoms with Crippen molar-refractivity contribution < 1.29 is 14.3 Å². The Bertz CT molecular complexity index is 1090. The van der Waals surface area contributed by atoms with Crippen molar-refractivity contribution in [1.82, 2.24) is 25.1 Å². The van der Waals surface area contributed by atoms with Crippen LogP contribution in [0.5, 0.6) is 5.75 Å². The highest BCUT2D eigenvalue weighted by Gasteiger charge is 2.29. The Kier molecular flexibility index (Phi) is 6.92. The van der Waals surface area contributed by atoms with Gasteiger partial charge in [-0.15, -0.1) is 0 Å². The third-order valence-electron chi connectivity index (χ3n) is 5.99. The minimum atomic E-state index is -0.454. The number of para-hydroxylation sites is 1. The van der Waals surface area contributed by atoms with Crippen molar-refractivity contribution in [2.45, 2.75) is 24.9 Å². The molecule has 1 aliphatic heterocycles. The van der Waals surface area contributed by atoms with E-state index in [9.17, 15) is 9.59 Å². The number of urea groups is 1. The molecule has 172 valence electrons. The fourth-order valence-electron chi connectivity index (χ4n) is 4.14. The van der Waals surface area contributed by atoms with E-state index in [4.69, 9.17) is 4.74 Å². The first-order valence-electron chi connectivity index (χ1n) is 11.1. The lowest BCUT2D eigenvalue weighted by Gasteiger charge is -2.33. The summed E-state index contributed by atoms with van der Waals surface area (Å²) in [5, 5.41) is 6.22. The number of hydrogen-bond acceptors (Lipinski definition) is 4. The largest absolute Gasteiger partial charge is 0.496 e. The smallest absolute Gasteiger partial charge is 0.318 e. The number of piperidine rings is 1. The van der Waals surface area contributed by atoms with E-state index >= 15 is 0 Å². The molecule has 0 saturated carbocycles. The standard InChI is InChI=1S/C25H29N5O3/c1-29-17-14-26-23(29)22(20-10-6-7-11-21(20)33-2)28-25(32)30-15-12-19(13-16-30)27-24(31)18-8-4-3-5-9-18/h3-11,14,17,19,22H,12-13,15-16H2,1-2H3,(H,27,31)(H,28,32). The maximum atomic E-state index is 13.2. The van der Waals surface area contributed by atoms with Crippen LogP contribution in [0.2, 0.25) is 0 Å². The summed E-state index contributed by atoms with van der Waals surface area (Å²) in [5.74, 6) is 1.33. The summed E-state index contributed by atoms with van der Waals surface area (Å²) in [7, 11) is 3.52. The molecule has 33 heavy (non-hydrogen) atoms. The second-order valence-electron chi connectivity index (χ2n) is 8.12. The van der Waals surface area contributed by atoms with Crippen LogP contribution in [0.25, 0.3) is 0 Å². The van der Waals surface area contributed by atoms with Crippen LogP contribution >= 0.6 is 0 Å². The Hall–Kier alpha value is -3.81.